The number of hydrogen-bond acceptors (Lipinski definition) is 4. The molecule has 0 saturated heterocycles. The summed E-state index contributed by atoms with van der Waals surface area (Å²) in [6.45, 7) is 3.00. The van der Waals surface area contributed by atoms with Crippen molar-refractivity contribution in [2.75, 3.05) is 5.32 Å². The standard InChI is InChI=1S/C23H22F4N2O3/c1-3-12-10-22(32,23(25,26)27)21(14-9-15(24)11(2)20(31)19(12)14)29-17-6-4-5-16-13(17)7-8-18(30)28-16/h4-9,12,21,29,31-32H,3,10H2,1-2H3,(H,28,30)/t12-,21+,22-/m1/s1. The van der Waals surface area contributed by atoms with Gasteiger partial charge in [0.15, 0.2) is 5.60 Å². The van der Waals surface area contributed by atoms with Gasteiger partial charge in [-0.1, -0.05) is 13.0 Å². The molecule has 0 radical (unpaired) electrons. The van der Waals surface area contributed by atoms with E-state index in [0.29, 0.717) is 10.9 Å². The molecule has 32 heavy (non-hydrogen) atoms. The molecule has 1 aliphatic rings. The molecule has 0 fully saturated rings. The smallest absolute Gasteiger partial charge is 0.419 e. The molecular weight excluding hydrogens is 428 g/mol. The summed E-state index contributed by atoms with van der Waals surface area (Å²) >= 11 is 0. The lowest BCUT2D eigenvalue weighted by Crippen LogP contribution is -2.55. The highest BCUT2D eigenvalue weighted by atomic mass is 19.4. The molecule has 1 aliphatic carbocycles. The Morgan fingerprint density at radius 3 is 2.62 bits per heavy atom. The summed E-state index contributed by atoms with van der Waals surface area (Å²) in [4.78, 5) is 14.2. The maximum atomic E-state index is 14.6. The van der Waals surface area contributed by atoms with Crippen LogP contribution in [0.3, 0.4) is 0 Å². The van der Waals surface area contributed by atoms with E-state index >= 15 is 0 Å². The average molecular weight is 450 g/mol. The van der Waals surface area contributed by atoms with Gasteiger partial charge in [0.25, 0.3) is 0 Å². The SMILES string of the molecule is CC[C@@H]1C[C@](O)(C(F)(F)F)[C@@H](Nc2cccc3[nH]c(=O)ccc23)c2cc(F)c(C)c(O)c21. The molecule has 5 nitrogen and oxygen atoms in total. The minimum Gasteiger partial charge on any atom is -0.507 e. The number of rotatable bonds is 3. The molecule has 0 spiro atoms. The van der Waals surface area contributed by atoms with Crippen LogP contribution in [0.2, 0.25) is 0 Å². The number of alkyl halides is 3. The number of pyridine rings is 1. The monoisotopic (exact) mass is 450 g/mol. The van der Waals surface area contributed by atoms with Crippen molar-refractivity contribution in [3.8, 4) is 5.75 Å². The molecule has 0 bridgehead atoms. The van der Waals surface area contributed by atoms with E-state index in [9.17, 15) is 32.6 Å². The van der Waals surface area contributed by atoms with Gasteiger partial charge in [-0.15, -0.1) is 0 Å². The second-order valence-electron chi connectivity index (χ2n) is 8.23. The molecular formula is C23H22F4N2O3. The van der Waals surface area contributed by atoms with Crippen LogP contribution in [0.5, 0.6) is 5.75 Å². The van der Waals surface area contributed by atoms with Crippen molar-refractivity contribution in [3.63, 3.8) is 0 Å². The maximum Gasteiger partial charge on any atom is 0.419 e. The fraction of sp³-hybridized carbons (Fsp3) is 0.348. The fourth-order valence-electron chi connectivity index (χ4n) is 4.59. The van der Waals surface area contributed by atoms with Crippen molar-refractivity contribution in [2.45, 2.75) is 50.4 Å². The number of aromatic nitrogens is 1. The van der Waals surface area contributed by atoms with E-state index in [1.54, 1.807) is 19.1 Å². The molecule has 0 aliphatic heterocycles. The Morgan fingerprint density at radius 2 is 1.97 bits per heavy atom. The highest BCUT2D eigenvalue weighted by Crippen LogP contribution is 2.55. The van der Waals surface area contributed by atoms with Crippen LogP contribution in [0.15, 0.2) is 41.2 Å². The highest BCUT2D eigenvalue weighted by molar-refractivity contribution is 5.91. The van der Waals surface area contributed by atoms with E-state index in [1.807, 2.05) is 0 Å². The van der Waals surface area contributed by atoms with Gasteiger partial charge < -0.3 is 20.5 Å². The number of aliphatic hydroxyl groups is 1. The van der Waals surface area contributed by atoms with Crippen molar-refractivity contribution < 1.29 is 27.8 Å². The molecule has 3 atom stereocenters. The number of halogens is 4. The Labute approximate surface area is 180 Å². The molecule has 0 unspecified atom stereocenters. The van der Waals surface area contributed by atoms with Crippen molar-refractivity contribution in [3.05, 3.63) is 69.3 Å². The molecule has 1 aromatic heterocycles. The number of aromatic hydroxyl groups is 1. The Hall–Kier alpha value is -3.07. The Morgan fingerprint density at radius 1 is 1.25 bits per heavy atom. The second-order valence-corrected chi connectivity index (χ2v) is 8.23. The molecule has 0 saturated carbocycles. The number of benzene rings is 2. The molecule has 170 valence electrons. The summed E-state index contributed by atoms with van der Waals surface area (Å²) in [5, 5.41) is 24.8. The zero-order chi connectivity index (χ0) is 23.4. The van der Waals surface area contributed by atoms with E-state index in [1.165, 1.54) is 25.1 Å². The third-order valence-electron chi connectivity index (χ3n) is 6.37. The van der Waals surface area contributed by atoms with Crippen LogP contribution in [-0.2, 0) is 0 Å². The predicted molar refractivity (Wildman–Crippen MR) is 112 cm³/mol. The summed E-state index contributed by atoms with van der Waals surface area (Å²) in [5.74, 6) is -2.08. The summed E-state index contributed by atoms with van der Waals surface area (Å²) < 4.78 is 57.3. The number of aromatic amines is 1. The topological polar surface area (TPSA) is 85.4 Å². The van der Waals surface area contributed by atoms with E-state index < -0.39 is 41.7 Å². The maximum absolute atomic E-state index is 14.6. The van der Waals surface area contributed by atoms with Gasteiger partial charge in [-0.25, -0.2) is 4.39 Å². The van der Waals surface area contributed by atoms with E-state index in [-0.39, 0.29) is 34.4 Å². The number of nitrogens with one attached hydrogen (secondary N) is 2. The number of H-pyrrole nitrogens is 1. The normalized spacial score (nSPS) is 23.2. The van der Waals surface area contributed by atoms with Gasteiger partial charge in [0, 0.05) is 28.3 Å². The average Bonchev–Trinajstić information content (AvgIpc) is 2.72. The van der Waals surface area contributed by atoms with Crippen LogP contribution < -0.4 is 10.9 Å². The van der Waals surface area contributed by atoms with Crippen LogP contribution in [0.4, 0.5) is 23.2 Å². The Balaban J connectivity index is 1.97. The second kappa shape index (κ2) is 7.51. The molecule has 3 aromatic rings. The largest absolute Gasteiger partial charge is 0.507 e. The van der Waals surface area contributed by atoms with Crippen molar-refractivity contribution in [1.29, 1.82) is 0 Å². The van der Waals surface area contributed by atoms with Gasteiger partial charge in [-0.3, -0.25) is 4.79 Å². The molecule has 1 heterocycles. The number of anilines is 1. The Kier molecular flexibility index (Phi) is 5.20. The minimum absolute atomic E-state index is 0.0545. The lowest BCUT2D eigenvalue weighted by molar-refractivity contribution is -0.272. The van der Waals surface area contributed by atoms with Gasteiger partial charge in [0.05, 0.1) is 11.6 Å². The van der Waals surface area contributed by atoms with Crippen LogP contribution in [0.1, 0.15) is 48.4 Å². The first kappa shape index (κ1) is 22.1. The fourth-order valence-corrected chi connectivity index (χ4v) is 4.59. The third-order valence-corrected chi connectivity index (χ3v) is 6.37. The summed E-state index contributed by atoms with van der Waals surface area (Å²) in [7, 11) is 0. The van der Waals surface area contributed by atoms with Gasteiger partial charge in [-0.2, -0.15) is 13.2 Å². The number of phenols is 1. The van der Waals surface area contributed by atoms with Crippen LogP contribution in [-0.4, -0.2) is 27.0 Å². The van der Waals surface area contributed by atoms with E-state index in [2.05, 4.69) is 10.3 Å². The number of fused-ring (bicyclic) bond motifs is 2. The molecule has 2 aromatic carbocycles. The summed E-state index contributed by atoms with van der Waals surface area (Å²) in [6.07, 6.45) is -5.52. The lowest BCUT2D eigenvalue weighted by Gasteiger charge is -2.46. The zero-order valence-corrected chi connectivity index (χ0v) is 17.3. The van der Waals surface area contributed by atoms with Crippen molar-refractivity contribution >= 4 is 16.6 Å². The van der Waals surface area contributed by atoms with Gasteiger partial charge >= 0.3 is 6.18 Å². The first-order valence-corrected chi connectivity index (χ1v) is 10.2. The number of phenolic OH excluding ortho intramolecular Hbond substituents is 1. The predicted octanol–water partition coefficient (Wildman–Crippen LogP) is 5.03. The zero-order valence-electron chi connectivity index (χ0n) is 17.3. The van der Waals surface area contributed by atoms with Crippen molar-refractivity contribution in [2.24, 2.45) is 0 Å². The molecule has 4 N–H and O–H groups in total. The highest BCUT2D eigenvalue weighted by Gasteiger charge is 2.62. The van der Waals surface area contributed by atoms with Crippen molar-refractivity contribution in [1.82, 2.24) is 4.98 Å². The first-order chi connectivity index (χ1) is 15.0. The van der Waals surface area contributed by atoms with E-state index in [4.69, 9.17) is 0 Å². The molecule has 0 amide bonds. The summed E-state index contributed by atoms with van der Waals surface area (Å²) in [6, 6.07) is 6.49. The van der Waals surface area contributed by atoms with Crippen LogP contribution >= 0.6 is 0 Å². The lowest BCUT2D eigenvalue weighted by atomic mass is 9.68. The van der Waals surface area contributed by atoms with Gasteiger partial charge in [-0.05, 0) is 55.5 Å². The van der Waals surface area contributed by atoms with Crippen LogP contribution in [0.25, 0.3) is 10.9 Å². The summed E-state index contributed by atoms with van der Waals surface area (Å²) in [5.41, 5.74) is -3.00. The third kappa shape index (κ3) is 3.31. The van der Waals surface area contributed by atoms with Crippen LogP contribution in [0, 0.1) is 12.7 Å². The first-order valence-electron chi connectivity index (χ1n) is 10.2. The Bertz CT molecular complexity index is 1250. The van der Waals surface area contributed by atoms with Gasteiger partial charge in [0.2, 0.25) is 5.56 Å². The minimum atomic E-state index is -5.04. The van der Waals surface area contributed by atoms with Gasteiger partial charge in [0.1, 0.15) is 11.6 Å². The number of hydrogen-bond donors (Lipinski definition) is 4. The quantitative estimate of drug-likeness (QED) is 0.422. The molecule has 4 rings (SSSR count). The molecule has 9 heteroatoms. The van der Waals surface area contributed by atoms with E-state index in [0.717, 1.165) is 6.07 Å².